The molecule has 0 aliphatic rings. The first-order valence-corrected chi connectivity index (χ1v) is 10.2. The summed E-state index contributed by atoms with van der Waals surface area (Å²) in [6.07, 6.45) is 3.17. The second-order valence-corrected chi connectivity index (χ2v) is 7.56. The van der Waals surface area contributed by atoms with E-state index in [0.29, 0.717) is 34.4 Å². The quantitative estimate of drug-likeness (QED) is 0.494. The van der Waals surface area contributed by atoms with E-state index < -0.39 is 0 Å². The smallest absolute Gasteiger partial charge is 0.255 e. The number of aromatic amines is 1. The van der Waals surface area contributed by atoms with Crippen molar-refractivity contribution in [1.82, 2.24) is 19.9 Å². The van der Waals surface area contributed by atoms with Gasteiger partial charge in [-0.05, 0) is 44.2 Å². The lowest BCUT2D eigenvalue weighted by Crippen LogP contribution is -2.23. The summed E-state index contributed by atoms with van der Waals surface area (Å²) < 4.78 is 6.40. The van der Waals surface area contributed by atoms with Gasteiger partial charge in [-0.2, -0.15) is 0 Å². The maximum absolute atomic E-state index is 12.5. The Bertz CT molecular complexity index is 1270. The second-order valence-electron chi connectivity index (χ2n) is 6.53. The molecule has 0 unspecified atom stereocenters. The molecule has 2 N–H and O–H groups in total. The van der Waals surface area contributed by atoms with Crippen LogP contribution in [0.5, 0.6) is 5.75 Å². The zero-order valence-electron chi connectivity index (χ0n) is 16.4. The van der Waals surface area contributed by atoms with Gasteiger partial charge in [0.2, 0.25) is 5.91 Å². The lowest BCUT2D eigenvalue weighted by Gasteiger charge is -2.07. The summed E-state index contributed by atoms with van der Waals surface area (Å²) >= 11 is 1.35. The van der Waals surface area contributed by atoms with Crippen molar-refractivity contribution < 1.29 is 9.53 Å². The molecule has 4 aromatic rings. The van der Waals surface area contributed by atoms with Crippen LogP contribution >= 0.6 is 11.3 Å². The molecule has 152 valence electrons. The van der Waals surface area contributed by atoms with Crippen LogP contribution in [0.25, 0.3) is 21.6 Å². The van der Waals surface area contributed by atoms with Gasteiger partial charge >= 0.3 is 0 Å². The van der Waals surface area contributed by atoms with Crippen LogP contribution in [-0.2, 0) is 11.2 Å². The van der Waals surface area contributed by atoms with Crippen molar-refractivity contribution in [3.63, 3.8) is 0 Å². The van der Waals surface area contributed by atoms with E-state index in [9.17, 15) is 9.59 Å². The average molecular weight is 421 g/mol. The first-order chi connectivity index (χ1) is 14.5. The number of anilines is 1. The van der Waals surface area contributed by atoms with E-state index in [2.05, 4.69) is 25.3 Å². The SMILES string of the molecule is CCOc1ccc2nc(NC(=O)Cc3c(C)nc(-c4cccnc4)[nH]c3=O)sc2c1. The van der Waals surface area contributed by atoms with Gasteiger partial charge in [-0.15, -0.1) is 0 Å². The van der Waals surface area contributed by atoms with Gasteiger partial charge in [0.05, 0.1) is 23.2 Å². The number of carbonyl (C=O) groups excluding carboxylic acids is 1. The van der Waals surface area contributed by atoms with Gasteiger partial charge in [-0.25, -0.2) is 9.97 Å². The molecule has 0 radical (unpaired) electrons. The van der Waals surface area contributed by atoms with Crippen molar-refractivity contribution in [3.05, 3.63) is 64.3 Å². The number of amides is 1. The monoisotopic (exact) mass is 421 g/mol. The third-order valence-corrected chi connectivity index (χ3v) is 5.35. The number of pyridine rings is 1. The molecule has 9 heteroatoms. The Kier molecular flexibility index (Phi) is 5.53. The van der Waals surface area contributed by atoms with Crippen LogP contribution < -0.4 is 15.6 Å². The largest absolute Gasteiger partial charge is 0.494 e. The second kappa shape index (κ2) is 8.42. The molecule has 0 saturated heterocycles. The van der Waals surface area contributed by atoms with Crippen molar-refractivity contribution in [2.45, 2.75) is 20.3 Å². The van der Waals surface area contributed by atoms with Crippen LogP contribution in [0.1, 0.15) is 18.2 Å². The summed E-state index contributed by atoms with van der Waals surface area (Å²) in [5, 5.41) is 3.24. The Morgan fingerprint density at radius 1 is 1.27 bits per heavy atom. The molecule has 4 rings (SSSR count). The Morgan fingerprint density at radius 3 is 2.87 bits per heavy atom. The van der Waals surface area contributed by atoms with Crippen LogP contribution in [-0.4, -0.2) is 32.4 Å². The number of hydrogen-bond acceptors (Lipinski definition) is 7. The first-order valence-electron chi connectivity index (χ1n) is 9.37. The highest BCUT2D eigenvalue weighted by molar-refractivity contribution is 7.22. The van der Waals surface area contributed by atoms with E-state index in [1.54, 1.807) is 31.5 Å². The van der Waals surface area contributed by atoms with E-state index in [-0.39, 0.29) is 17.9 Å². The lowest BCUT2D eigenvalue weighted by atomic mass is 10.1. The normalized spacial score (nSPS) is 10.9. The maximum Gasteiger partial charge on any atom is 0.255 e. The standard InChI is InChI=1S/C21H19N5O3S/c1-3-29-14-6-7-16-17(9-14)30-21(24-16)25-18(27)10-15-12(2)23-19(26-20(15)28)13-5-4-8-22-11-13/h4-9,11H,3,10H2,1-2H3,(H,23,26,28)(H,24,25,27). The number of rotatable bonds is 6. The maximum atomic E-state index is 12.5. The molecule has 8 nitrogen and oxygen atoms in total. The van der Waals surface area contributed by atoms with Crippen LogP contribution in [0, 0.1) is 6.92 Å². The zero-order valence-corrected chi connectivity index (χ0v) is 17.2. The minimum atomic E-state index is -0.345. The van der Waals surface area contributed by atoms with Crippen LogP contribution in [0.3, 0.4) is 0 Å². The Balaban J connectivity index is 1.51. The number of nitrogens with zero attached hydrogens (tertiary/aromatic N) is 3. The number of thiazole rings is 1. The molecule has 0 atom stereocenters. The first kappa shape index (κ1) is 19.7. The number of hydrogen-bond donors (Lipinski definition) is 2. The summed E-state index contributed by atoms with van der Waals surface area (Å²) in [5.41, 5.74) is 1.95. The van der Waals surface area contributed by atoms with E-state index in [0.717, 1.165) is 16.0 Å². The summed E-state index contributed by atoms with van der Waals surface area (Å²) in [7, 11) is 0. The molecule has 1 amide bonds. The molecule has 3 aromatic heterocycles. The molecule has 30 heavy (non-hydrogen) atoms. The van der Waals surface area contributed by atoms with Crippen molar-refractivity contribution in [2.75, 3.05) is 11.9 Å². The van der Waals surface area contributed by atoms with E-state index in [1.807, 2.05) is 25.1 Å². The fourth-order valence-electron chi connectivity index (χ4n) is 3.00. The van der Waals surface area contributed by atoms with Gasteiger partial charge in [0.15, 0.2) is 5.13 Å². The Hall–Kier alpha value is -3.59. The van der Waals surface area contributed by atoms with Crippen LogP contribution in [0.2, 0.25) is 0 Å². The van der Waals surface area contributed by atoms with Crippen molar-refractivity contribution in [1.29, 1.82) is 0 Å². The number of H-pyrrole nitrogens is 1. The molecular weight excluding hydrogens is 402 g/mol. The van der Waals surface area contributed by atoms with E-state index >= 15 is 0 Å². The third kappa shape index (κ3) is 4.20. The lowest BCUT2D eigenvalue weighted by molar-refractivity contribution is -0.115. The molecule has 1 aromatic carbocycles. The molecule has 0 bridgehead atoms. The van der Waals surface area contributed by atoms with Gasteiger partial charge in [-0.1, -0.05) is 11.3 Å². The number of carbonyl (C=O) groups is 1. The van der Waals surface area contributed by atoms with Crippen molar-refractivity contribution >= 4 is 32.6 Å². The topological polar surface area (TPSA) is 110 Å². The summed E-state index contributed by atoms with van der Waals surface area (Å²) in [6.45, 7) is 4.21. The minimum absolute atomic E-state index is 0.0956. The molecule has 0 saturated carbocycles. The van der Waals surface area contributed by atoms with Gasteiger partial charge in [0, 0.05) is 29.2 Å². The Morgan fingerprint density at radius 2 is 2.13 bits per heavy atom. The fourth-order valence-corrected chi connectivity index (χ4v) is 3.91. The Labute approximate surface area is 176 Å². The highest BCUT2D eigenvalue weighted by Gasteiger charge is 2.15. The highest BCUT2D eigenvalue weighted by atomic mass is 32.1. The zero-order chi connectivity index (χ0) is 21.1. The van der Waals surface area contributed by atoms with Crippen LogP contribution in [0.15, 0.2) is 47.5 Å². The molecule has 0 aliphatic heterocycles. The van der Waals surface area contributed by atoms with E-state index in [4.69, 9.17) is 4.74 Å². The number of ether oxygens (including phenoxy) is 1. The van der Waals surface area contributed by atoms with Crippen molar-refractivity contribution in [2.24, 2.45) is 0 Å². The number of benzene rings is 1. The average Bonchev–Trinajstić information content (AvgIpc) is 3.13. The molecular formula is C21H19N5O3S. The number of nitrogens with one attached hydrogen (secondary N) is 2. The summed E-state index contributed by atoms with van der Waals surface area (Å²) in [6, 6.07) is 9.16. The molecule has 0 aliphatic carbocycles. The van der Waals surface area contributed by atoms with Crippen molar-refractivity contribution in [3.8, 4) is 17.1 Å². The minimum Gasteiger partial charge on any atom is -0.494 e. The van der Waals surface area contributed by atoms with Gasteiger partial charge in [0.1, 0.15) is 11.6 Å². The molecule has 3 heterocycles. The third-order valence-electron chi connectivity index (χ3n) is 4.41. The molecule has 0 fully saturated rings. The highest BCUT2D eigenvalue weighted by Crippen LogP contribution is 2.29. The molecule has 0 spiro atoms. The van der Waals surface area contributed by atoms with E-state index in [1.165, 1.54) is 11.3 Å². The number of aryl methyl sites for hydroxylation is 1. The van der Waals surface area contributed by atoms with Gasteiger partial charge in [0.25, 0.3) is 5.56 Å². The van der Waals surface area contributed by atoms with Crippen LogP contribution in [0.4, 0.5) is 5.13 Å². The predicted octanol–water partition coefficient (Wildman–Crippen LogP) is 3.33. The number of aromatic nitrogens is 4. The van der Waals surface area contributed by atoms with Gasteiger partial charge in [-0.3, -0.25) is 14.6 Å². The fraction of sp³-hybridized carbons (Fsp3) is 0.190. The summed E-state index contributed by atoms with van der Waals surface area (Å²) in [4.78, 5) is 40.7. The predicted molar refractivity (Wildman–Crippen MR) is 116 cm³/mol. The van der Waals surface area contributed by atoms with Gasteiger partial charge < -0.3 is 15.0 Å². The summed E-state index contributed by atoms with van der Waals surface area (Å²) in [5.74, 6) is 0.850. The number of fused-ring (bicyclic) bond motifs is 1.